The second-order valence-electron chi connectivity index (χ2n) is 3.51. The second kappa shape index (κ2) is 4.18. The van der Waals surface area contributed by atoms with Crippen LogP contribution < -0.4 is 0 Å². The number of carbonyl (C=O) groups is 2. The van der Waals surface area contributed by atoms with Gasteiger partial charge in [-0.25, -0.2) is 4.39 Å². The molecule has 0 N–H and O–H groups in total. The average molecular weight is 230 g/mol. The summed E-state index contributed by atoms with van der Waals surface area (Å²) in [5.74, 6) is -1.52. The number of nitrogens with zero attached hydrogens (tertiary/aromatic N) is 2. The van der Waals surface area contributed by atoms with Gasteiger partial charge in [0.1, 0.15) is 5.82 Å². The van der Waals surface area contributed by atoms with Crippen LogP contribution >= 0.6 is 0 Å². The molecule has 5 heteroatoms. The number of halogens is 1. The van der Waals surface area contributed by atoms with Gasteiger partial charge in [-0.1, -0.05) is 6.07 Å². The Morgan fingerprint density at radius 3 is 2.41 bits per heavy atom. The summed E-state index contributed by atoms with van der Waals surface area (Å²) < 4.78 is 13.5. The molecule has 2 rings (SSSR count). The van der Waals surface area contributed by atoms with E-state index in [0.29, 0.717) is 0 Å². The van der Waals surface area contributed by atoms with Gasteiger partial charge in [-0.05, 0) is 12.1 Å². The Labute approximate surface area is 96.6 Å². The monoisotopic (exact) mass is 230 g/mol. The summed E-state index contributed by atoms with van der Waals surface area (Å²) >= 11 is 0. The average Bonchev–Trinajstić information content (AvgIpc) is 2.63. The smallest absolute Gasteiger partial charge is 0.253 e. The maximum Gasteiger partial charge on any atom is 0.253 e. The zero-order valence-electron chi connectivity index (χ0n) is 8.68. The fraction of sp³-hybridized carbons (Fsp3) is 0.0833. The lowest BCUT2D eigenvalue weighted by atomic mass is 10.1. The highest BCUT2D eigenvalue weighted by Gasteiger charge is 2.24. The van der Waals surface area contributed by atoms with Crippen LogP contribution in [-0.4, -0.2) is 16.7 Å². The van der Waals surface area contributed by atoms with E-state index in [0.717, 1.165) is 23.1 Å². The first-order valence-corrected chi connectivity index (χ1v) is 4.84. The zero-order chi connectivity index (χ0) is 12.4. The molecule has 1 aromatic rings. The third-order valence-electron chi connectivity index (χ3n) is 2.41. The SMILES string of the molecule is N#Cc1ccc(CN2C(=O)C=CC2=O)c(F)c1. The Morgan fingerprint density at radius 2 is 1.88 bits per heavy atom. The maximum atomic E-state index is 13.5. The molecule has 0 saturated carbocycles. The normalized spacial score (nSPS) is 14.2. The van der Waals surface area contributed by atoms with Crippen molar-refractivity contribution in [2.24, 2.45) is 0 Å². The Bertz CT molecular complexity index is 554. The van der Waals surface area contributed by atoms with Crippen LogP contribution in [0, 0.1) is 17.1 Å². The van der Waals surface area contributed by atoms with Crippen molar-refractivity contribution < 1.29 is 14.0 Å². The Hall–Kier alpha value is -2.48. The summed E-state index contributed by atoms with van der Waals surface area (Å²) in [7, 11) is 0. The number of amides is 2. The van der Waals surface area contributed by atoms with Crippen molar-refractivity contribution in [3.63, 3.8) is 0 Å². The van der Waals surface area contributed by atoms with Gasteiger partial charge >= 0.3 is 0 Å². The van der Waals surface area contributed by atoms with Crippen LogP contribution in [0.5, 0.6) is 0 Å². The molecule has 2 amide bonds. The topological polar surface area (TPSA) is 61.2 Å². The zero-order valence-corrected chi connectivity index (χ0v) is 8.68. The van der Waals surface area contributed by atoms with Crippen molar-refractivity contribution in [1.29, 1.82) is 5.26 Å². The molecule has 0 aromatic heterocycles. The van der Waals surface area contributed by atoms with E-state index < -0.39 is 17.6 Å². The van der Waals surface area contributed by atoms with Crippen LogP contribution in [0.4, 0.5) is 4.39 Å². The number of hydrogen-bond donors (Lipinski definition) is 0. The van der Waals surface area contributed by atoms with Gasteiger partial charge < -0.3 is 0 Å². The van der Waals surface area contributed by atoms with Crippen molar-refractivity contribution >= 4 is 11.8 Å². The molecule has 0 radical (unpaired) electrons. The fourth-order valence-electron chi connectivity index (χ4n) is 1.50. The van der Waals surface area contributed by atoms with Crippen molar-refractivity contribution in [1.82, 2.24) is 4.90 Å². The molecule has 1 aliphatic rings. The second-order valence-corrected chi connectivity index (χ2v) is 3.51. The van der Waals surface area contributed by atoms with E-state index in [1.807, 2.05) is 0 Å². The summed E-state index contributed by atoms with van der Waals surface area (Å²) in [6, 6.07) is 5.72. The minimum atomic E-state index is -0.600. The van der Waals surface area contributed by atoms with E-state index in [2.05, 4.69) is 0 Å². The summed E-state index contributed by atoms with van der Waals surface area (Å²) in [6.45, 7) is -0.123. The predicted molar refractivity (Wildman–Crippen MR) is 55.8 cm³/mol. The van der Waals surface area contributed by atoms with Gasteiger partial charge in [0, 0.05) is 17.7 Å². The molecule has 1 heterocycles. The number of benzene rings is 1. The number of hydrogen-bond acceptors (Lipinski definition) is 3. The minimum Gasteiger partial charge on any atom is -0.271 e. The number of nitriles is 1. The van der Waals surface area contributed by atoms with Gasteiger partial charge in [0.2, 0.25) is 0 Å². The van der Waals surface area contributed by atoms with Crippen LogP contribution in [0.15, 0.2) is 30.4 Å². The van der Waals surface area contributed by atoms with Crippen LogP contribution in [0.2, 0.25) is 0 Å². The van der Waals surface area contributed by atoms with Gasteiger partial charge in [0.25, 0.3) is 11.8 Å². The molecular weight excluding hydrogens is 223 g/mol. The van der Waals surface area contributed by atoms with Crippen LogP contribution in [-0.2, 0) is 16.1 Å². The number of imide groups is 1. The van der Waals surface area contributed by atoms with E-state index in [9.17, 15) is 14.0 Å². The minimum absolute atomic E-state index is 0.123. The molecule has 0 saturated heterocycles. The summed E-state index contributed by atoms with van der Waals surface area (Å²) in [5.41, 5.74) is 0.401. The van der Waals surface area contributed by atoms with E-state index in [4.69, 9.17) is 5.26 Å². The Kier molecular flexibility index (Phi) is 2.71. The third kappa shape index (κ3) is 2.06. The Balaban J connectivity index is 2.23. The molecule has 0 aliphatic carbocycles. The quantitative estimate of drug-likeness (QED) is 0.715. The molecule has 0 spiro atoms. The lowest BCUT2D eigenvalue weighted by molar-refractivity contribution is -0.137. The molecular formula is C12H7FN2O2. The molecule has 0 fully saturated rings. The van der Waals surface area contributed by atoms with Crippen LogP contribution in [0.1, 0.15) is 11.1 Å². The van der Waals surface area contributed by atoms with Gasteiger partial charge in [-0.3, -0.25) is 14.5 Å². The van der Waals surface area contributed by atoms with Gasteiger partial charge in [0.05, 0.1) is 18.2 Å². The van der Waals surface area contributed by atoms with Crippen molar-refractivity contribution in [2.45, 2.75) is 6.54 Å². The van der Waals surface area contributed by atoms with Crippen molar-refractivity contribution in [2.75, 3.05) is 0 Å². The molecule has 1 aliphatic heterocycles. The van der Waals surface area contributed by atoms with Crippen molar-refractivity contribution in [3.05, 3.63) is 47.3 Å². The maximum absolute atomic E-state index is 13.5. The highest BCUT2D eigenvalue weighted by molar-refractivity contribution is 6.12. The lowest BCUT2D eigenvalue weighted by Gasteiger charge is -2.14. The van der Waals surface area contributed by atoms with Crippen LogP contribution in [0.25, 0.3) is 0 Å². The summed E-state index contributed by atoms with van der Waals surface area (Å²) in [5, 5.41) is 8.58. The molecule has 17 heavy (non-hydrogen) atoms. The van der Waals surface area contributed by atoms with E-state index in [1.54, 1.807) is 6.07 Å². The lowest BCUT2D eigenvalue weighted by Crippen LogP contribution is -2.29. The summed E-state index contributed by atoms with van der Waals surface area (Å²) in [4.78, 5) is 23.5. The molecule has 0 bridgehead atoms. The van der Waals surface area contributed by atoms with Gasteiger partial charge in [-0.15, -0.1) is 0 Å². The highest BCUT2D eigenvalue weighted by Crippen LogP contribution is 2.15. The first kappa shape index (κ1) is 11.0. The van der Waals surface area contributed by atoms with E-state index >= 15 is 0 Å². The fourth-order valence-corrected chi connectivity index (χ4v) is 1.50. The number of carbonyl (C=O) groups excluding carboxylic acids is 2. The number of rotatable bonds is 2. The van der Waals surface area contributed by atoms with E-state index in [1.165, 1.54) is 12.1 Å². The van der Waals surface area contributed by atoms with E-state index in [-0.39, 0.29) is 17.7 Å². The van der Waals surface area contributed by atoms with Crippen molar-refractivity contribution in [3.8, 4) is 6.07 Å². The summed E-state index contributed by atoms with van der Waals surface area (Å²) in [6.07, 6.45) is 2.29. The van der Waals surface area contributed by atoms with Gasteiger partial charge in [-0.2, -0.15) is 5.26 Å². The molecule has 4 nitrogen and oxygen atoms in total. The standard InChI is InChI=1S/C12H7FN2O2/c13-10-5-8(6-14)1-2-9(10)7-15-11(16)3-4-12(15)17/h1-5H,7H2. The van der Waals surface area contributed by atoms with Crippen LogP contribution in [0.3, 0.4) is 0 Å². The highest BCUT2D eigenvalue weighted by atomic mass is 19.1. The predicted octanol–water partition coefficient (Wildman–Crippen LogP) is 1.12. The molecule has 84 valence electrons. The molecule has 0 atom stereocenters. The van der Waals surface area contributed by atoms with Gasteiger partial charge in [0.15, 0.2) is 0 Å². The first-order chi connectivity index (χ1) is 8.11. The molecule has 0 unspecified atom stereocenters. The third-order valence-corrected chi connectivity index (χ3v) is 2.41. The molecule has 1 aromatic carbocycles. The largest absolute Gasteiger partial charge is 0.271 e. The first-order valence-electron chi connectivity index (χ1n) is 4.84. The Morgan fingerprint density at radius 1 is 1.24 bits per heavy atom.